The fraction of sp³-hybridized carbons (Fsp3) is 0.250. The van der Waals surface area contributed by atoms with E-state index in [1.54, 1.807) is 6.07 Å². The number of benzene rings is 2. The molecule has 0 aromatic heterocycles. The lowest BCUT2D eigenvalue weighted by Gasteiger charge is -2.17. The number of aryl methyl sites for hydroxylation is 3. The number of halogens is 3. The molecule has 0 fully saturated rings. The molecule has 19 heavy (non-hydrogen) atoms. The van der Waals surface area contributed by atoms with Crippen LogP contribution in [0, 0.1) is 26.6 Å². The molecule has 0 N–H and O–H groups in total. The summed E-state index contributed by atoms with van der Waals surface area (Å²) in [6, 6.07) is 8.85. The van der Waals surface area contributed by atoms with Crippen molar-refractivity contribution in [1.29, 1.82) is 0 Å². The van der Waals surface area contributed by atoms with Crippen molar-refractivity contribution in [2.24, 2.45) is 0 Å². The maximum absolute atomic E-state index is 13.4. The summed E-state index contributed by atoms with van der Waals surface area (Å²) < 4.78 is 14.5. The summed E-state index contributed by atoms with van der Waals surface area (Å²) in [5.41, 5.74) is 5.07. The minimum Gasteiger partial charge on any atom is -0.207 e. The van der Waals surface area contributed by atoms with Crippen molar-refractivity contribution in [2.75, 3.05) is 0 Å². The van der Waals surface area contributed by atoms with Gasteiger partial charge in [-0.15, -0.1) is 11.6 Å². The molecule has 2 rings (SSSR count). The molecule has 2 aromatic rings. The van der Waals surface area contributed by atoms with Gasteiger partial charge in [0, 0.05) is 4.47 Å². The van der Waals surface area contributed by atoms with E-state index in [0.29, 0.717) is 0 Å². The van der Waals surface area contributed by atoms with Crippen LogP contribution in [-0.2, 0) is 0 Å². The van der Waals surface area contributed by atoms with Crippen LogP contribution in [0.1, 0.15) is 33.2 Å². The van der Waals surface area contributed by atoms with E-state index in [1.165, 1.54) is 12.1 Å². The maximum Gasteiger partial charge on any atom is 0.123 e. The summed E-state index contributed by atoms with van der Waals surface area (Å²) in [4.78, 5) is 0. The van der Waals surface area contributed by atoms with Gasteiger partial charge in [-0.25, -0.2) is 4.39 Å². The minimum atomic E-state index is -0.331. The average molecular weight is 342 g/mol. The van der Waals surface area contributed by atoms with Crippen molar-refractivity contribution in [1.82, 2.24) is 0 Å². The summed E-state index contributed by atoms with van der Waals surface area (Å²) in [7, 11) is 0. The highest BCUT2D eigenvalue weighted by Gasteiger charge is 2.17. The Hall–Kier alpha value is -0.860. The SMILES string of the molecule is Cc1cc(C(Cl)c2cc(F)ccc2C)c(C)cc1Br. The highest BCUT2D eigenvalue weighted by molar-refractivity contribution is 9.10. The average Bonchev–Trinajstić information content (AvgIpc) is 2.36. The first-order valence-electron chi connectivity index (χ1n) is 6.07. The normalized spacial score (nSPS) is 12.5. The van der Waals surface area contributed by atoms with E-state index in [4.69, 9.17) is 11.6 Å². The molecule has 0 bridgehead atoms. The van der Waals surface area contributed by atoms with Crippen LogP contribution in [0.5, 0.6) is 0 Å². The van der Waals surface area contributed by atoms with Gasteiger partial charge in [0.25, 0.3) is 0 Å². The summed E-state index contributed by atoms with van der Waals surface area (Å²) in [5.74, 6) is -0.252. The Bertz CT molecular complexity index is 622. The van der Waals surface area contributed by atoms with Gasteiger partial charge in [-0.3, -0.25) is 0 Å². The van der Waals surface area contributed by atoms with E-state index < -0.39 is 0 Å². The Balaban J connectivity index is 2.52. The Kier molecular flexibility index (Phi) is 4.32. The molecule has 0 spiro atoms. The molecule has 0 aliphatic heterocycles. The van der Waals surface area contributed by atoms with Gasteiger partial charge in [-0.05, 0) is 66.8 Å². The lowest BCUT2D eigenvalue weighted by molar-refractivity contribution is 0.625. The van der Waals surface area contributed by atoms with Crippen LogP contribution in [0.3, 0.4) is 0 Å². The van der Waals surface area contributed by atoms with Crippen molar-refractivity contribution < 1.29 is 4.39 Å². The topological polar surface area (TPSA) is 0 Å². The standard InChI is InChI=1S/C16H15BrClF/c1-9-4-5-12(19)8-14(9)16(18)13-6-11(3)15(17)7-10(13)2/h4-8,16H,1-3H3. The van der Waals surface area contributed by atoms with E-state index in [2.05, 4.69) is 28.1 Å². The zero-order chi connectivity index (χ0) is 14.2. The van der Waals surface area contributed by atoms with Crippen LogP contribution in [0.4, 0.5) is 4.39 Å². The van der Waals surface area contributed by atoms with Crippen LogP contribution in [0.2, 0.25) is 0 Å². The number of alkyl halides is 1. The summed E-state index contributed by atoms with van der Waals surface area (Å²) >= 11 is 10.1. The van der Waals surface area contributed by atoms with Crippen molar-refractivity contribution in [3.63, 3.8) is 0 Å². The largest absolute Gasteiger partial charge is 0.207 e. The molecular weight excluding hydrogens is 327 g/mol. The molecule has 0 saturated heterocycles. The Labute approximate surface area is 126 Å². The van der Waals surface area contributed by atoms with Crippen molar-refractivity contribution in [2.45, 2.75) is 26.1 Å². The summed E-state index contributed by atoms with van der Waals surface area (Å²) in [6.45, 7) is 5.99. The molecule has 0 aliphatic carbocycles. The second-order valence-corrected chi connectivity index (χ2v) is 6.11. The molecule has 100 valence electrons. The van der Waals surface area contributed by atoms with Gasteiger partial charge < -0.3 is 0 Å². The lowest BCUT2D eigenvalue weighted by atomic mass is 9.95. The molecule has 1 unspecified atom stereocenters. The smallest absolute Gasteiger partial charge is 0.123 e. The second kappa shape index (κ2) is 5.64. The fourth-order valence-electron chi connectivity index (χ4n) is 2.13. The Morgan fingerprint density at radius 3 is 2.26 bits per heavy atom. The van der Waals surface area contributed by atoms with Crippen LogP contribution in [0.25, 0.3) is 0 Å². The molecule has 0 nitrogen and oxygen atoms in total. The monoisotopic (exact) mass is 340 g/mol. The number of hydrogen-bond donors (Lipinski definition) is 0. The molecular formula is C16H15BrClF. The van der Waals surface area contributed by atoms with Gasteiger partial charge in [0.05, 0.1) is 5.38 Å². The van der Waals surface area contributed by atoms with Gasteiger partial charge in [0.2, 0.25) is 0 Å². The Morgan fingerprint density at radius 2 is 1.58 bits per heavy atom. The van der Waals surface area contributed by atoms with Crippen molar-refractivity contribution >= 4 is 27.5 Å². The van der Waals surface area contributed by atoms with Gasteiger partial charge >= 0.3 is 0 Å². The van der Waals surface area contributed by atoms with Gasteiger partial charge in [-0.2, -0.15) is 0 Å². The number of hydrogen-bond acceptors (Lipinski definition) is 0. The highest BCUT2D eigenvalue weighted by Crippen LogP contribution is 2.35. The molecule has 1 atom stereocenters. The molecule has 0 radical (unpaired) electrons. The van der Waals surface area contributed by atoms with Gasteiger partial charge in [-0.1, -0.05) is 28.1 Å². The van der Waals surface area contributed by atoms with E-state index >= 15 is 0 Å². The van der Waals surface area contributed by atoms with E-state index in [0.717, 1.165) is 32.3 Å². The van der Waals surface area contributed by atoms with Gasteiger partial charge in [0.15, 0.2) is 0 Å². The first-order chi connectivity index (χ1) is 8.90. The van der Waals surface area contributed by atoms with Gasteiger partial charge in [0.1, 0.15) is 5.82 Å². The third-order valence-electron chi connectivity index (χ3n) is 3.33. The minimum absolute atomic E-state index is 0.252. The van der Waals surface area contributed by atoms with Crippen LogP contribution >= 0.6 is 27.5 Å². The van der Waals surface area contributed by atoms with Crippen LogP contribution in [0.15, 0.2) is 34.8 Å². The third-order valence-corrected chi connectivity index (χ3v) is 4.66. The quantitative estimate of drug-likeness (QED) is 0.602. The zero-order valence-electron chi connectivity index (χ0n) is 11.1. The first kappa shape index (κ1) is 14.5. The van der Waals surface area contributed by atoms with E-state index in [-0.39, 0.29) is 11.2 Å². The van der Waals surface area contributed by atoms with E-state index in [9.17, 15) is 4.39 Å². The Morgan fingerprint density at radius 1 is 0.947 bits per heavy atom. The third kappa shape index (κ3) is 3.01. The predicted octanol–water partition coefficient (Wildman–Crippen LogP) is 5.84. The summed E-state index contributed by atoms with van der Waals surface area (Å²) in [5, 5.41) is -0.331. The molecule has 0 heterocycles. The maximum atomic E-state index is 13.4. The lowest BCUT2D eigenvalue weighted by Crippen LogP contribution is -2.00. The molecule has 0 amide bonds. The first-order valence-corrected chi connectivity index (χ1v) is 7.30. The zero-order valence-corrected chi connectivity index (χ0v) is 13.4. The highest BCUT2D eigenvalue weighted by atomic mass is 79.9. The van der Waals surface area contributed by atoms with Crippen LogP contribution in [-0.4, -0.2) is 0 Å². The molecule has 0 aliphatic rings. The van der Waals surface area contributed by atoms with Crippen molar-refractivity contribution in [3.8, 4) is 0 Å². The number of rotatable bonds is 2. The van der Waals surface area contributed by atoms with Crippen molar-refractivity contribution in [3.05, 3.63) is 68.4 Å². The van der Waals surface area contributed by atoms with E-state index in [1.807, 2.05) is 20.8 Å². The second-order valence-electron chi connectivity index (χ2n) is 4.82. The fourth-order valence-corrected chi connectivity index (χ4v) is 3.06. The predicted molar refractivity (Wildman–Crippen MR) is 82.4 cm³/mol. The summed E-state index contributed by atoms with van der Waals surface area (Å²) in [6.07, 6.45) is 0. The molecule has 3 heteroatoms. The molecule has 0 saturated carbocycles. The van der Waals surface area contributed by atoms with Crippen LogP contribution < -0.4 is 0 Å². The molecule has 2 aromatic carbocycles.